The lowest BCUT2D eigenvalue weighted by atomic mass is 9.78. The van der Waals surface area contributed by atoms with Crippen LogP contribution in [0.2, 0.25) is 0 Å². The quantitative estimate of drug-likeness (QED) is 0.559. The summed E-state index contributed by atoms with van der Waals surface area (Å²) in [6, 6.07) is 7.62. The van der Waals surface area contributed by atoms with E-state index in [4.69, 9.17) is 9.72 Å². The summed E-state index contributed by atoms with van der Waals surface area (Å²) < 4.78 is 7.45. The van der Waals surface area contributed by atoms with Crippen molar-refractivity contribution < 1.29 is 9.53 Å². The SMILES string of the molecule is C[C@@H]1[C@H](C)CCC[C@H]1n1c(SCC(=O)NC[C@@H]2CCCO2)nc2ccccc2c1=O. The molecule has 1 aliphatic carbocycles. The molecule has 1 N–H and O–H groups in total. The van der Waals surface area contributed by atoms with Crippen molar-refractivity contribution in [2.24, 2.45) is 11.8 Å². The standard InChI is InChI=1S/C23H31N3O3S/c1-15-7-5-11-20(16(15)2)26-22(28)18-9-3-4-10-19(18)25-23(26)30-14-21(27)24-13-17-8-6-12-29-17/h3-4,9-10,15-17,20H,5-8,11-14H2,1-2H3,(H,24,27)/t15-,16-,17+,20-/m1/s1. The Kier molecular flexibility index (Phi) is 6.78. The highest BCUT2D eigenvalue weighted by atomic mass is 32.2. The van der Waals surface area contributed by atoms with Crippen LogP contribution in [0, 0.1) is 11.8 Å². The number of carbonyl (C=O) groups is 1. The molecule has 2 aromatic rings. The fourth-order valence-electron chi connectivity index (χ4n) is 4.65. The van der Waals surface area contributed by atoms with E-state index in [9.17, 15) is 9.59 Å². The highest BCUT2D eigenvalue weighted by Gasteiger charge is 2.31. The van der Waals surface area contributed by atoms with Gasteiger partial charge in [-0.1, -0.05) is 50.6 Å². The molecule has 162 valence electrons. The van der Waals surface area contributed by atoms with Gasteiger partial charge in [-0.25, -0.2) is 4.98 Å². The fourth-order valence-corrected chi connectivity index (χ4v) is 5.53. The number of aromatic nitrogens is 2. The van der Waals surface area contributed by atoms with Gasteiger partial charge in [-0.15, -0.1) is 0 Å². The molecule has 2 fully saturated rings. The van der Waals surface area contributed by atoms with Crippen molar-refractivity contribution in [1.82, 2.24) is 14.9 Å². The Labute approximate surface area is 181 Å². The van der Waals surface area contributed by atoms with Gasteiger partial charge >= 0.3 is 0 Å². The smallest absolute Gasteiger partial charge is 0.262 e. The molecule has 1 aliphatic heterocycles. The number of para-hydroxylation sites is 1. The van der Waals surface area contributed by atoms with Gasteiger partial charge in [-0.05, 0) is 43.2 Å². The van der Waals surface area contributed by atoms with Crippen LogP contribution in [0.25, 0.3) is 10.9 Å². The molecule has 0 bridgehead atoms. The maximum atomic E-state index is 13.4. The first kappa shape index (κ1) is 21.4. The highest BCUT2D eigenvalue weighted by molar-refractivity contribution is 7.99. The van der Waals surface area contributed by atoms with Crippen LogP contribution in [0.15, 0.2) is 34.2 Å². The summed E-state index contributed by atoms with van der Waals surface area (Å²) in [6.07, 6.45) is 5.46. The first-order chi connectivity index (χ1) is 14.5. The van der Waals surface area contributed by atoms with Gasteiger partial charge in [0.15, 0.2) is 5.16 Å². The predicted molar refractivity (Wildman–Crippen MR) is 120 cm³/mol. The summed E-state index contributed by atoms with van der Waals surface area (Å²) in [5, 5.41) is 4.26. The van der Waals surface area contributed by atoms with Crippen molar-refractivity contribution in [3.8, 4) is 0 Å². The van der Waals surface area contributed by atoms with E-state index in [1.165, 1.54) is 18.2 Å². The molecule has 1 aromatic heterocycles. The van der Waals surface area contributed by atoms with Crippen LogP contribution >= 0.6 is 11.8 Å². The van der Waals surface area contributed by atoms with Crippen molar-refractivity contribution in [3.63, 3.8) is 0 Å². The van der Waals surface area contributed by atoms with E-state index in [-0.39, 0.29) is 29.4 Å². The van der Waals surface area contributed by atoms with Crippen molar-refractivity contribution in [2.45, 2.75) is 63.3 Å². The minimum Gasteiger partial charge on any atom is -0.376 e. The second-order valence-corrected chi connectivity index (χ2v) is 9.59. The van der Waals surface area contributed by atoms with Crippen molar-refractivity contribution in [3.05, 3.63) is 34.6 Å². The maximum Gasteiger partial charge on any atom is 0.262 e. The van der Waals surface area contributed by atoms with E-state index in [2.05, 4.69) is 19.2 Å². The molecule has 6 nitrogen and oxygen atoms in total. The van der Waals surface area contributed by atoms with Crippen LogP contribution in [-0.4, -0.2) is 40.5 Å². The molecule has 2 heterocycles. The number of fused-ring (bicyclic) bond motifs is 1. The minimum atomic E-state index is -0.0467. The molecule has 1 amide bonds. The molecule has 1 aromatic carbocycles. The molecule has 1 saturated heterocycles. The Morgan fingerprint density at radius 3 is 2.87 bits per heavy atom. The lowest BCUT2D eigenvalue weighted by Crippen LogP contribution is -2.36. The fraction of sp³-hybridized carbons (Fsp3) is 0.609. The average Bonchev–Trinajstić information content (AvgIpc) is 3.27. The Balaban J connectivity index is 1.57. The highest BCUT2D eigenvalue weighted by Crippen LogP contribution is 2.38. The Morgan fingerprint density at radius 1 is 1.23 bits per heavy atom. The average molecular weight is 430 g/mol. The third kappa shape index (κ3) is 4.57. The molecule has 4 rings (SSSR count). The second kappa shape index (κ2) is 9.52. The number of amides is 1. The van der Waals surface area contributed by atoms with Crippen LogP contribution in [0.1, 0.15) is 52.0 Å². The van der Waals surface area contributed by atoms with Crippen molar-refractivity contribution >= 4 is 28.6 Å². The number of carbonyl (C=O) groups excluding carboxylic acids is 1. The topological polar surface area (TPSA) is 73.2 Å². The molecule has 0 unspecified atom stereocenters. The molecule has 1 saturated carbocycles. The summed E-state index contributed by atoms with van der Waals surface area (Å²) in [6.45, 7) is 5.83. The van der Waals surface area contributed by atoms with Gasteiger partial charge in [0.25, 0.3) is 5.56 Å². The van der Waals surface area contributed by atoms with E-state index in [1.807, 2.05) is 28.8 Å². The molecular weight excluding hydrogens is 398 g/mol. The number of thioether (sulfide) groups is 1. The zero-order chi connectivity index (χ0) is 21.1. The first-order valence-electron chi connectivity index (χ1n) is 11.1. The number of ether oxygens (including phenoxy) is 1. The number of nitrogens with zero attached hydrogens (tertiary/aromatic N) is 2. The van der Waals surface area contributed by atoms with E-state index in [0.29, 0.717) is 34.4 Å². The summed E-state index contributed by atoms with van der Waals surface area (Å²) >= 11 is 1.36. The van der Waals surface area contributed by atoms with Gasteiger partial charge in [-0.3, -0.25) is 14.2 Å². The van der Waals surface area contributed by atoms with Crippen LogP contribution in [0.4, 0.5) is 0 Å². The Hall–Kier alpha value is -1.86. The van der Waals surface area contributed by atoms with Crippen LogP contribution < -0.4 is 10.9 Å². The Bertz CT molecular complexity index is 954. The van der Waals surface area contributed by atoms with E-state index in [0.717, 1.165) is 32.3 Å². The lowest BCUT2D eigenvalue weighted by molar-refractivity contribution is -0.119. The third-order valence-electron chi connectivity index (χ3n) is 6.65. The van der Waals surface area contributed by atoms with E-state index < -0.39 is 0 Å². The largest absolute Gasteiger partial charge is 0.376 e. The normalized spacial score (nSPS) is 26.7. The summed E-state index contributed by atoms with van der Waals surface area (Å²) in [4.78, 5) is 30.7. The van der Waals surface area contributed by atoms with Gasteiger partial charge < -0.3 is 10.1 Å². The van der Waals surface area contributed by atoms with Crippen LogP contribution in [0.3, 0.4) is 0 Å². The number of nitrogens with one attached hydrogen (secondary N) is 1. The van der Waals surface area contributed by atoms with Crippen molar-refractivity contribution in [1.29, 1.82) is 0 Å². The van der Waals surface area contributed by atoms with Crippen LogP contribution in [0.5, 0.6) is 0 Å². The molecule has 0 radical (unpaired) electrons. The molecule has 4 atom stereocenters. The summed E-state index contributed by atoms with van der Waals surface area (Å²) in [5.41, 5.74) is 0.700. The second-order valence-electron chi connectivity index (χ2n) is 8.65. The first-order valence-corrected chi connectivity index (χ1v) is 12.1. The Morgan fingerprint density at radius 2 is 2.07 bits per heavy atom. The monoisotopic (exact) mass is 429 g/mol. The van der Waals surface area contributed by atoms with Gasteiger partial charge in [0.1, 0.15) is 0 Å². The molecular formula is C23H31N3O3S. The van der Waals surface area contributed by atoms with E-state index in [1.54, 1.807) is 0 Å². The van der Waals surface area contributed by atoms with Crippen molar-refractivity contribution in [2.75, 3.05) is 18.9 Å². The lowest BCUT2D eigenvalue weighted by Gasteiger charge is -2.36. The number of hydrogen-bond donors (Lipinski definition) is 1. The maximum absolute atomic E-state index is 13.4. The number of rotatable bonds is 6. The number of hydrogen-bond acceptors (Lipinski definition) is 5. The summed E-state index contributed by atoms with van der Waals surface area (Å²) in [5.74, 6) is 1.16. The van der Waals surface area contributed by atoms with Gasteiger partial charge in [-0.2, -0.15) is 0 Å². The van der Waals surface area contributed by atoms with Gasteiger partial charge in [0.2, 0.25) is 5.91 Å². The van der Waals surface area contributed by atoms with Gasteiger partial charge in [0.05, 0.1) is 22.8 Å². The van der Waals surface area contributed by atoms with E-state index >= 15 is 0 Å². The summed E-state index contributed by atoms with van der Waals surface area (Å²) in [7, 11) is 0. The zero-order valence-corrected chi connectivity index (χ0v) is 18.6. The van der Waals surface area contributed by atoms with Gasteiger partial charge in [0, 0.05) is 19.2 Å². The minimum absolute atomic E-state index is 0.00816. The third-order valence-corrected chi connectivity index (χ3v) is 7.61. The molecule has 2 aliphatic rings. The molecule has 0 spiro atoms. The van der Waals surface area contributed by atoms with Crippen LogP contribution in [-0.2, 0) is 9.53 Å². The zero-order valence-electron chi connectivity index (χ0n) is 17.8. The number of benzene rings is 1. The molecule has 7 heteroatoms. The predicted octanol–water partition coefficient (Wildman–Crippen LogP) is 3.78. The molecule has 30 heavy (non-hydrogen) atoms.